The molecule has 2 rings (SSSR count). The predicted octanol–water partition coefficient (Wildman–Crippen LogP) is 1.21. The highest BCUT2D eigenvalue weighted by atomic mass is 32.1. The maximum atomic E-state index is 11.4. The van der Waals surface area contributed by atoms with E-state index < -0.39 is 11.7 Å². The van der Waals surface area contributed by atoms with Crippen molar-refractivity contribution >= 4 is 17.3 Å². The molecule has 6 heteroatoms. The van der Waals surface area contributed by atoms with E-state index in [-0.39, 0.29) is 11.3 Å². The lowest BCUT2D eigenvalue weighted by molar-refractivity contribution is 0.0696. The van der Waals surface area contributed by atoms with Gasteiger partial charge in [0.25, 0.3) is 0 Å². The highest BCUT2D eigenvalue weighted by Crippen LogP contribution is 2.24. The second-order valence-electron chi connectivity index (χ2n) is 3.18. The lowest BCUT2D eigenvalue weighted by Crippen LogP contribution is -2.22. The summed E-state index contributed by atoms with van der Waals surface area (Å²) in [5, 5.41) is 10.8. The van der Waals surface area contributed by atoms with Gasteiger partial charge in [-0.3, -0.25) is 0 Å². The van der Waals surface area contributed by atoms with Gasteiger partial charge >= 0.3 is 11.7 Å². The average Bonchev–Trinajstić information content (AvgIpc) is 2.74. The van der Waals surface area contributed by atoms with E-state index in [1.54, 1.807) is 17.5 Å². The van der Waals surface area contributed by atoms with Crippen molar-refractivity contribution in [1.82, 2.24) is 9.55 Å². The normalized spacial score (nSPS) is 10.3. The molecule has 16 heavy (non-hydrogen) atoms. The first-order valence-electron chi connectivity index (χ1n) is 4.44. The van der Waals surface area contributed by atoms with E-state index in [1.807, 2.05) is 0 Å². The van der Waals surface area contributed by atoms with Crippen LogP contribution in [-0.2, 0) is 7.05 Å². The Morgan fingerprint density at radius 1 is 1.56 bits per heavy atom. The topological polar surface area (TPSA) is 72.2 Å². The highest BCUT2D eigenvalue weighted by Gasteiger charge is 2.15. The Bertz CT molecular complexity index is 587. The molecule has 0 amide bonds. The van der Waals surface area contributed by atoms with Crippen molar-refractivity contribution in [3.05, 3.63) is 39.8 Å². The minimum absolute atomic E-state index is 0.0320. The Kier molecular flexibility index (Phi) is 2.57. The fourth-order valence-electron chi connectivity index (χ4n) is 1.30. The standard InChI is InChI=1S/C10H8N2O3S/c1-12-5-6(9(13)14)8(11-10(12)15)7-3-2-4-16-7/h2-5H,1H3,(H,13,14). The average molecular weight is 236 g/mol. The molecule has 0 spiro atoms. The van der Waals surface area contributed by atoms with Gasteiger partial charge < -0.3 is 9.67 Å². The van der Waals surface area contributed by atoms with Crippen LogP contribution in [0.2, 0.25) is 0 Å². The zero-order valence-electron chi connectivity index (χ0n) is 8.38. The quantitative estimate of drug-likeness (QED) is 0.850. The highest BCUT2D eigenvalue weighted by molar-refractivity contribution is 7.13. The van der Waals surface area contributed by atoms with Crippen LogP contribution in [0.5, 0.6) is 0 Å². The van der Waals surface area contributed by atoms with Gasteiger partial charge in [-0.1, -0.05) is 6.07 Å². The lowest BCUT2D eigenvalue weighted by atomic mass is 10.2. The predicted molar refractivity (Wildman–Crippen MR) is 59.8 cm³/mol. The van der Waals surface area contributed by atoms with Gasteiger partial charge in [-0.05, 0) is 11.4 Å². The van der Waals surface area contributed by atoms with Gasteiger partial charge in [0.2, 0.25) is 0 Å². The summed E-state index contributed by atoms with van der Waals surface area (Å²) >= 11 is 1.35. The Morgan fingerprint density at radius 3 is 2.88 bits per heavy atom. The summed E-state index contributed by atoms with van der Waals surface area (Å²) in [5.41, 5.74) is -0.205. The van der Waals surface area contributed by atoms with Gasteiger partial charge in [0.05, 0.1) is 4.88 Å². The van der Waals surface area contributed by atoms with Crippen LogP contribution in [-0.4, -0.2) is 20.6 Å². The molecule has 0 unspecified atom stereocenters. The Hall–Kier alpha value is -1.95. The summed E-state index contributed by atoms with van der Waals surface area (Å²) in [4.78, 5) is 26.9. The van der Waals surface area contributed by atoms with Crippen LogP contribution in [0.15, 0.2) is 28.5 Å². The number of carbonyl (C=O) groups is 1. The van der Waals surface area contributed by atoms with Crippen molar-refractivity contribution in [3.8, 4) is 10.6 Å². The lowest BCUT2D eigenvalue weighted by Gasteiger charge is -2.04. The molecule has 0 fully saturated rings. The van der Waals surface area contributed by atoms with E-state index in [9.17, 15) is 9.59 Å². The molecule has 0 radical (unpaired) electrons. The van der Waals surface area contributed by atoms with Gasteiger partial charge in [0, 0.05) is 13.2 Å². The fourth-order valence-corrected chi connectivity index (χ4v) is 2.03. The van der Waals surface area contributed by atoms with Gasteiger partial charge in [0.15, 0.2) is 0 Å². The number of thiophene rings is 1. The second-order valence-corrected chi connectivity index (χ2v) is 4.13. The van der Waals surface area contributed by atoms with E-state index in [2.05, 4.69) is 4.98 Å². The fraction of sp³-hybridized carbons (Fsp3) is 0.100. The molecule has 0 bridgehead atoms. The molecule has 0 saturated heterocycles. The first kappa shape index (κ1) is 10.6. The van der Waals surface area contributed by atoms with Crippen LogP contribution in [0.4, 0.5) is 0 Å². The number of carboxylic acid groups (broad SMARTS) is 1. The molecule has 0 aliphatic heterocycles. The van der Waals surface area contributed by atoms with E-state index in [0.717, 1.165) is 4.57 Å². The van der Waals surface area contributed by atoms with E-state index in [4.69, 9.17) is 5.11 Å². The number of aryl methyl sites for hydroxylation is 1. The SMILES string of the molecule is Cn1cc(C(=O)O)c(-c2cccs2)nc1=O. The molecule has 0 aromatic carbocycles. The number of carboxylic acids is 1. The van der Waals surface area contributed by atoms with Crippen molar-refractivity contribution in [2.24, 2.45) is 7.05 Å². The molecule has 1 N–H and O–H groups in total. The third-order valence-corrected chi connectivity index (χ3v) is 2.95. The summed E-state index contributed by atoms with van der Waals surface area (Å²) in [6.07, 6.45) is 1.28. The van der Waals surface area contributed by atoms with Crippen molar-refractivity contribution in [1.29, 1.82) is 0 Å². The van der Waals surface area contributed by atoms with Gasteiger partial charge in [-0.2, -0.15) is 4.98 Å². The van der Waals surface area contributed by atoms with E-state index in [0.29, 0.717) is 4.88 Å². The molecule has 0 aliphatic carbocycles. The summed E-state index contributed by atoms with van der Waals surface area (Å²) in [6, 6.07) is 3.52. The minimum Gasteiger partial charge on any atom is -0.478 e. The molecule has 0 atom stereocenters. The monoisotopic (exact) mass is 236 g/mol. The molecule has 0 saturated carbocycles. The Morgan fingerprint density at radius 2 is 2.31 bits per heavy atom. The molecule has 2 aromatic rings. The number of hydrogen-bond acceptors (Lipinski definition) is 4. The number of nitrogens with zero attached hydrogens (tertiary/aromatic N) is 2. The minimum atomic E-state index is -1.09. The maximum absolute atomic E-state index is 11.4. The smallest absolute Gasteiger partial charge is 0.347 e. The van der Waals surface area contributed by atoms with Crippen LogP contribution >= 0.6 is 11.3 Å². The molecule has 2 aromatic heterocycles. The van der Waals surface area contributed by atoms with Gasteiger partial charge in [-0.15, -0.1) is 11.3 Å². The van der Waals surface area contributed by atoms with Crippen LogP contribution in [0, 0.1) is 0 Å². The van der Waals surface area contributed by atoms with Crippen LogP contribution in [0.25, 0.3) is 10.6 Å². The van der Waals surface area contributed by atoms with Gasteiger partial charge in [0.1, 0.15) is 11.3 Å². The third kappa shape index (κ3) is 1.74. The maximum Gasteiger partial charge on any atom is 0.347 e. The van der Waals surface area contributed by atoms with Crippen molar-refractivity contribution < 1.29 is 9.90 Å². The van der Waals surface area contributed by atoms with E-state index >= 15 is 0 Å². The molecule has 5 nitrogen and oxygen atoms in total. The summed E-state index contributed by atoms with van der Waals surface area (Å²) < 4.78 is 1.15. The molecule has 0 aliphatic rings. The number of hydrogen-bond donors (Lipinski definition) is 1. The Balaban J connectivity index is 2.73. The molecule has 82 valence electrons. The van der Waals surface area contributed by atoms with E-state index in [1.165, 1.54) is 24.6 Å². The van der Waals surface area contributed by atoms with Crippen molar-refractivity contribution in [2.45, 2.75) is 0 Å². The molecular formula is C10H8N2O3S. The summed E-state index contributed by atoms with van der Waals surface area (Å²) in [6.45, 7) is 0. The zero-order chi connectivity index (χ0) is 11.7. The largest absolute Gasteiger partial charge is 0.478 e. The second kappa shape index (κ2) is 3.90. The van der Waals surface area contributed by atoms with Crippen LogP contribution in [0.3, 0.4) is 0 Å². The first-order valence-corrected chi connectivity index (χ1v) is 5.32. The van der Waals surface area contributed by atoms with Crippen LogP contribution < -0.4 is 5.69 Å². The van der Waals surface area contributed by atoms with Gasteiger partial charge in [-0.25, -0.2) is 9.59 Å². The third-order valence-electron chi connectivity index (χ3n) is 2.07. The number of aromatic nitrogens is 2. The molecular weight excluding hydrogens is 228 g/mol. The molecule has 2 heterocycles. The summed E-state index contributed by atoms with van der Waals surface area (Å²) in [5.74, 6) is -1.09. The van der Waals surface area contributed by atoms with Crippen LogP contribution in [0.1, 0.15) is 10.4 Å². The van der Waals surface area contributed by atoms with Crippen molar-refractivity contribution in [2.75, 3.05) is 0 Å². The number of rotatable bonds is 2. The zero-order valence-corrected chi connectivity index (χ0v) is 9.19. The first-order chi connectivity index (χ1) is 7.59. The van der Waals surface area contributed by atoms with Crippen molar-refractivity contribution in [3.63, 3.8) is 0 Å². The summed E-state index contributed by atoms with van der Waals surface area (Å²) in [7, 11) is 1.47. The number of aromatic carboxylic acids is 1. The Labute approximate surface area is 94.6 Å².